The Kier molecular flexibility index (Phi) is 3.77. The largest absolute Gasteiger partial charge is 0.489 e. The summed E-state index contributed by atoms with van der Waals surface area (Å²) in [6.45, 7) is 3.11. The fraction of sp³-hybridized carbons (Fsp3) is 0.222. The molecule has 0 radical (unpaired) electrons. The highest BCUT2D eigenvalue weighted by atomic mass is 32.2. The summed E-state index contributed by atoms with van der Waals surface area (Å²) in [4.78, 5) is 0.167. The normalized spacial score (nSPS) is 14.8. The Hall–Kier alpha value is -2.38. The molecule has 0 atom stereocenters. The van der Waals surface area contributed by atoms with Crippen LogP contribution >= 0.6 is 0 Å². The van der Waals surface area contributed by atoms with Gasteiger partial charge in [-0.15, -0.1) is 0 Å². The van der Waals surface area contributed by atoms with Gasteiger partial charge in [0.2, 0.25) is 0 Å². The van der Waals surface area contributed by atoms with Gasteiger partial charge in [-0.3, -0.25) is 0 Å². The third-order valence-corrected chi connectivity index (χ3v) is 6.19. The number of aromatic nitrogens is 1. The fourth-order valence-electron chi connectivity index (χ4n) is 3.26. The second-order valence-corrected chi connectivity index (χ2v) is 7.78. The Labute approximate surface area is 145 Å². The van der Waals surface area contributed by atoms with Crippen LogP contribution in [-0.2, 0) is 16.6 Å². The summed E-state index contributed by atoms with van der Waals surface area (Å²) in [5.74, 6) is -0.347. The maximum atomic E-state index is 14.6. The number of nitrogens with one attached hydrogen (secondary N) is 1. The Morgan fingerprint density at radius 1 is 1.20 bits per heavy atom. The molecule has 0 bridgehead atoms. The lowest BCUT2D eigenvalue weighted by atomic mass is 10.1. The van der Waals surface area contributed by atoms with Crippen molar-refractivity contribution in [3.8, 4) is 5.75 Å². The Morgan fingerprint density at radius 3 is 2.72 bits per heavy atom. The molecule has 1 aliphatic rings. The summed E-state index contributed by atoms with van der Waals surface area (Å²) in [6.07, 6.45) is 0. The number of hydrogen-bond donors (Lipinski definition) is 1. The molecule has 1 aromatic heterocycles. The van der Waals surface area contributed by atoms with Crippen LogP contribution in [0.2, 0.25) is 0 Å². The number of nitrogens with zero attached hydrogens (tertiary/aromatic N) is 1. The molecule has 0 spiro atoms. The average Bonchev–Trinajstić information content (AvgIpc) is 2.78. The predicted molar refractivity (Wildman–Crippen MR) is 92.9 cm³/mol. The van der Waals surface area contributed by atoms with E-state index in [9.17, 15) is 12.8 Å². The number of benzene rings is 2. The lowest BCUT2D eigenvalue weighted by Crippen LogP contribution is -2.16. The molecule has 0 amide bonds. The molecule has 25 heavy (non-hydrogen) atoms. The van der Waals surface area contributed by atoms with Crippen molar-refractivity contribution >= 4 is 20.9 Å². The molecule has 0 saturated heterocycles. The summed E-state index contributed by atoms with van der Waals surface area (Å²) in [6, 6.07) is 11.2. The van der Waals surface area contributed by atoms with Crippen LogP contribution in [0.1, 0.15) is 11.3 Å². The van der Waals surface area contributed by atoms with Crippen LogP contribution in [0, 0.1) is 12.7 Å². The van der Waals surface area contributed by atoms with Crippen molar-refractivity contribution in [1.29, 1.82) is 0 Å². The molecule has 130 valence electrons. The molecule has 2 aromatic carbocycles. The molecular formula is C18H17FN2O3S. The molecule has 0 saturated carbocycles. The van der Waals surface area contributed by atoms with Crippen LogP contribution in [0.3, 0.4) is 0 Å². The van der Waals surface area contributed by atoms with E-state index in [0.717, 1.165) is 0 Å². The number of hydrogen-bond acceptors (Lipinski definition) is 4. The van der Waals surface area contributed by atoms with E-state index in [2.05, 4.69) is 5.32 Å². The molecule has 2 heterocycles. The van der Waals surface area contributed by atoms with E-state index in [-0.39, 0.29) is 10.6 Å². The lowest BCUT2D eigenvalue weighted by Gasteiger charge is -2.12. The van der Waals surface area contributed by atoms with Gasteiger partial charge in [0.1, 0.15) is 6.61 Å². The van der Waals surface area contributed by atoms with Crippen LogP contribution in [0.25, 0.3) is 10.9 Å². The summed E-state index contributed by atoms with van der Waals surface area (Å²) in [7, 11) is -3.82. The van der Waals surface area contributed by atoms with Gasteiger partial charge >= 0.3 is 0 Å². The highest BCUT2D eigenvalue weighted by Crippen LogP contribution is 2.35. The minimum Gasteiger partial charge on any atom is -0.489 e. The van der Waals surface area contributed by atoms with Gasteiger partial charge in [0, 0.05) is 35.8 Å². The quantitative estimate of drug-likeness (QED) is 0.763. The highest BCUT2D eigenvalue weighted by Gasteiger charge is 2.26. The molecule has 7 heteroatoms. The molecular weight excluding hydrogens is 343 g/mol. The molecule has 1 aliphatic heterocycles. The smallest absolute Gasteiger partial charge is 0.268 e. The van der Waals surface area contributed by atoms with Crippen LogP contribution in [0.4, 0.5) is 4.39 Å². The van der Waals surface area contributed by atoms with Crippen LogP contribution < -0.4 is 10.1 Å². The van der Waals surface area contributed by atoms with E-state index >= 15 is 0 Å². The molecule has 5 nitrogen and oxygen atoms in total. The van der Waals surface area contributed by atoms with Gasteiger partial charge in [-0.1, -0.05) is 18.2 Å². The topological polar surface area (TPSA) is 60.3 Å². The van der Waals surface area contributed by atoms with Crippen molar-refractivity contribution in [3.05, 3.63) is 59.5 Å². The summed E-state index contributed by atoms with van der Waals surface area (Å²) < 4.78 is 47.5. The number of ether oxygens (including phenoxy) is 1. The third kappa shape index (κ3) is 2.51. The van der Waals surface area contributed by atoms with E-state index < -0.39 is 15.8 Å². The van der Waals surface area contributed by atoms with Crippen LogP contribution in [-0.4, -0.2) is 25.5 Å². The zero-order chi connectivity index (χ0) is 17.6. The SMILES string of the molecule is Cc1cc2c3c(c(F)cc2n1S(=O)(=O)c1ccccc1)OCCNC3. The standard InChI is InChI=1S/C18H17FN2O3S/c1-12-9-14-15-11-20-7-8-24-18(15)16(19)10-17(14)21(12)25(22,23)13-5-3-2-4-6-13/h2-6,9-10,20H,7-8,11H2,1H3. The monoisotopic (exact) mass is 360 g/mol. The van der Waals surface area contributed by atoms with Crippen molar-refractivity contribution < 1.29 is 17.5 Å². The van der Waals surface area contributed by atoms with Gasteiger partial charge in [0.15, 0.2) is 11.6 Å². The predicted octanol–water partition coefficient (Wildman–Crippen LogP) is 2.81. The Balaban J connectivity index is 2.02. The maximum absolute atomic E-state index is 14.6. The first-order valence-electron chi connectivity index (χ1n) is 7.98. The minimum atomic E-state index is -3.82. The van der Waals surface area contributed by atoms with E-state index in [1.807, 2.05) is 0 Å². The van der Waals surface area contributed by atoms with Gasteiger partial charge in [0.25, 0.3) is 10.0 Å². The summed E-state index contributed by atoms with van der Waals surface area (Å²) in [5.41, 5.74) is 1.50. The van der Waals surface area contributed by atoms with E-state index in [1.54, 1.807) is 31.2 Å². The van der Waals surface area contributed by atoms with E-state index in [1.165, 1.54) is 22.2 Å². The number of aryl methyl sites for hydroxylation is 1. The van der Waals surface area contributed by atoms with Gasteiger partial charge in [-0.2, -0.15) is 0 Å². The zero-order valence-corrected chi connectivity index (χ0v) is 14.4. The van der Waals surface area contributed by atoms with Crippen molar-refractivity contribution in [2.75, 3.05) is 13.2 Å². The minimum absolute atomic E-state index is 0.167. The highest BCUT2D eigenvalue weighted by molar-refractivity contribution is 7.90. The van der Waals surface area contributed by atoms with Gasteiger partial charge < -0.3 is 10.1 Å². The number of fused-ring (bicyclic) bond motifs is 3. The second kappa shape index (κ2) is 5.86. The maximum Gasteiger partial charge on any atom is 0.268 e. The van der Waals surface area contributed by atoms with E-state index in [0.29, 0.717) is 41.9 Å². The van der Waals surface area contributed by atoms with Gasteiger partial charge in [0.05, 0.1) is 10.4 Å². The van der Waals surface area contributed by atoms with Gasteiger partial charge in [-0.05, 0) is 25.1 Å². The Bertz CT molecular complexity index is 1060. The molecule has 0 unspecified atom stereocenters. The van der Waals surface area contributed by atoms with Crippen molar-refractivity contribution in [2.24, 2.45) is 0 Å². The first-order valence-corrected chi connectivity index (χ1v) is 9.42. The van der Waals surface area contributed by atoms with E-state index in [4.69, 9.17) is 4.74 Å². The number of halogens is 1. The fourth-order valence-corrected chi connectivity index (χ4v) is 4.81. The first-order chi connectivity index (χ1) is 12.0. The molecule has 0 fully saturated rings. The number of rotatable bonds is 2. The Morgan fingerprint density at radius 2 is 1.96 bits per heavy atom. The molecule has 0 aliphatic carbocycles. The zero-order valence-electron chi connectivity index (χ0n) is 13.6. The van der Waals surface area contributed by atoms with Crippen molar-refractivity contribution in [1.82, 2.24) is 9.29 Å². The molecule has 3 aromatic rings. The average molecular weight is 360 g/mol. The molecule has 1 N–H and O–H groups in total. The lowest BCUT2D eigenvalue weighted by molar-refractivity contribution is 0.310. The van der Waals surface area contributed by atoms with Crippen LogP contribution in [0.5, 0.6) is 5.75 Å². The van der Waals surface area contributed by atoms with Crippen molar-refractivity contribution in [3.63, 3.8) is 0 Å². The summed E-state index contributed by atoms with van der Waals surface area (Å²) in [5, 5.41) is 3.85. The molecule has 4 rings (SSSR count). The summed E-state index contributed by atoms with van der Waals surface area (Å²) >= 11 is 0. The van der Waals surface area contributed by atoms with Crippen LogP contribution in [0.15, 0.2) is 47.4 Å². The first kappa shape index (κ1) is 16.1. The third-order valence-electron chi connectivity index (χ3n) is 4.36. The van der Waals surface area contributed by atoms with Gasteiger partial charge in [-0.25, -0.2) is 16.8 Å². The van der Waals surface area contributed by atoms with Crippen molar-refractivity contribution in [2.45, 2.75) is 18.4 Å². The second-order valence-electron chi connectivity index (χ2n) is 5.99.